The number of aryl methyl sites for hydroxylation is 6. The minimum Gasteiger partial charge on any atom is -0.461 e. The molecule has 0 bridgehead atoms. The molecule has 0 aliphatic rings. The first-order valence-electron chi connectivity index (χ1n) is 15.9. The predicted molar refractivity (Wildman–Crippen MR) is 191 cm³/mol. The van der Waals surface area contributed by atoms with Crippen LogP contribution in [-0.2, 0) is 28.5 Å². The second-order valence-electron chi connectivity index (χ2n) is 14.7. The molecule has 2 aromatic rings. The van der Waals surface area contributed by atoms with Crippen molar-refractivity contribution in [1.82, 2.24) is 0 Å². The van der Waals surface area contributed by atoms with Gasteiger partial charge in [-0.15, -0.1) is 0 Å². The zero-order chi connectivity index (χ0) is 36.1. The Morgan fingerprint density at radius 2 is 0.830 bits per heavy atom. The number of ketones is 2. The Morgan fingerprint density at radius 3 is 1.09 bits per heavy atom. The number of rotatable bonds is 14. The van der Waals surface area contributed by atoms with Gasteiger partial charge in [-0.1, -0.05) is 35.4 Å². The van der Waals surface area contributed by atoms with Crippen LogP contribution in [0, 0.1) is 52.4 Å². The maximum absolute atomic E-state index is 14.1. The van der Waals surface area contributed by atoms with Gasteiger partial charge in [0.15, 0.2) is 17.4 Å². The minimum atomic E-state index is -1.43. The van der Waals surface area contributed by atoms with Crippen LogP contribution in [0.4, 0.5) is 0 Å². The first-order chi connectivity index (χ1) is 21.4. The summed E-state index contributed by atoms with van der Waals surface area (Å²) in [7, 11) is -0.465. The lowest BCUT2D eigenvalue weighted by atomic mass is 9.96. The highest BCUT2D eigenvalue weighted by molar-refractivity contribution is 7.40. The summed E-state index contributed by atoms with van der Waals surface area (Å²) < 4.78 is 23.9. The van der Waals surface area contributed by atoms with Crippen molar-refractivity contribution >= 4 is 40.7 Å². The Hall–Kier alpha value is -2.50. The van der Waals surface area contributed by atoms with E-state index in [1.807, 2.05) is 65.8 Å². The summed E-state index contributed by atoms with van der Waals surface area (Å²) in [6.07, 6.45) is -0.0255. The molecule has 2 rings (SSSR count). The second-order valence-corrected chi connectivity index (χ2v) is 17.2. The number of ether oxygens (including phenoxy) is 4. The van der Waals surface area contributed by atoms with Gasteiger partial charge < -0.3 is 18.9 Å². The van der Waals surface area contributed by atoms with Crippen LogP contribution in [0.25, 0.3) is 0 Å². The van der Waals surface area contributed by atoms with E-state index in [0.29, 0.717) is 11.1 Å². The van der Waals surface area contributed by atoms with E-state index in [4.69, 9.17) is 18.9 Å². The molecule has 260 valence electrons. The average molecular weight is 689 g/mol. The number of esters is 2. The standard InChI is InChI=1S/C37H54O8P2/c1-21-15-23(3)27(24(4)16-21)29(38)31(46-19-42-33(40)35(7,8)9)44-37(13,14)45-32(47-20-43-34(41)36(10,11)12)30(39)28-25(5)17-22(2)18-26(28)6/h15-18,31-32,46-47H,19-20H2,1-14H3. The number of carbonyl (C=O) groups is 4. The van der Waals surface area contributed by atoms with E-state index in [0.717, 1.165) is 33.4 Å². The van der Waals surface area contributed by atoms with Crippen molar-refractivity contribution in [2.45, 2.75) is 114 Å². The van der Waals surface area contributed by atoms with Crippen LogP contribution in [0.3, 0.4) is 0 Å². The van der Waals surface area contributed by atoms with Gasteiger partial charge in [0.2, 0.25) is 0 Å². The molecule has 0 saturated carbocycles. The molecule has 4 atom stereocenters. The molecule has 10 heteroatoms. The van der Waals surface area contributed by atoms with Crippen molar-refractivity contribution in [2.24, 2.45) is 10.8 Å². The Balaban J connectivity index is 2.46. The molecule has 8 nitrogen and oxygen atoms in total. The summed E-state index contributed by atoms with van der Waals surface area (Å²) in [5.41, 5.74) is 5.03. The van der Waals surface area contributed by atoms with Gasteiger partial charge in [-0.05, 0) is 136 Å². The molecule has 0 aliphatic carbocycles. The van der Waals surface area contributed by atoms with Gasteiger partial charge in [-0.2, -0.15) is 0 Å². The SMILES string of the molecule is Cc1cc(C)c(C(=O)C(OC(C)(C)OC(PCOC(=O)C(C)(C)C)C(=O)c2c(C)cc(C)cc2C)PCOC(=O)C(C)(C)C)c(C)c1. The molecule has 0 spiro atoms. The number of carbonyl (C=O) groups excluding carboxylic acids is 4. The molecule has 0 N–H and O–H groups in total. The molecule has 4 unspecified atom stereocenters. The molecular weight excluding hydrogens is 634 g/mol. The van der Waals surface area contributed by atoms with E-state index < -0.39 is 28.3 Å². The molecule has 47 heavy (non-hydrogen) atoms. The minimum absolute atomic E-state index is 0.0127. The van der Waals surface area contributed by atoms with Crippen molar-refractivity contribution in [3.63, 3.8) is 0 Å². The fourth-order valence-electron chi connectivity index (χ4n) is 5.17. The molecule has 0 fully saturated rings. The summed E-state index contributed by atoms with van der Waals surface area (Å²) in [6, 6.07) is 7.79. The summed E-state index contributed by atoms with van der Waals surface area (Å²) >= 11 is 0. The first-order valence-corrected chi connectivity index (χ1v) is 18.4. The highest BCUT2D eigenvalue weighted by Crippen LogP contribution is 2.36. The van der Waals surface area contributed by atoms with Crippen LogP contribution >= 0.6 is 17.2 Å². The summed E-state index contributed by atoms with van der Waals surface area (Å²) in [4.78, 5) is 53.3. The highest BCUT2D eigenvalue weighted by atomic mass is 31.1. The predicted octanol–water partition coefficient (Wildman–Crippen LogP) is 8.47. The summed E-state index contributed by atoms with van der Waals surface area (Å²) in [6.45, 7) is 25.4. The first kappa shape index (κ1) is 40.7. The molecule has 0 radical (unpaired) electrons. The van der Waals surface area contributed by atoms with E-state index >= 15 is 0 Å². The van der Waals surface area contributed by atoms with Gasteiger partial charge in [0.05, 0.1) is 10.8 Å². The number of Topliss-reactive ketones (excluding diaryl/α,β-unsaturated/α-hetero) is 2. The fraction of sp³-hybridized carbons (Fsp3) is 0.568. The second kappa shape index (κ2) is 16.3. The zero-order valence-corrected chi connectivity index (χ0v) is 32.6. The van der Waals surface area contributed by atoms with Crippen molar-refractivity contribution in [2.75, 3.05) is 12.7 Å². The molecule has 0 heterocycles. The molecule has 0 aliphatic heterocycles. The normalized spacial score (nSPS) is 14.1. The van der Waals surface area contributed by atoms with Crippen molar-refractivity contribution in [3.05, 3.63) is 68.8 Å². The van der Waals surface area contributed by atoms with E-state index in [2.05, 4.69) is 0 Å². The van der Waals surface area contributed by atoms with Gasteiger partial charge in [0.25, 0.3) is 0 Å². The Morgan fingerprint density at radius 1 is 0.553 bits per heavy atom. The topological polar surface area (TPSA) is 105 Å². The molecular formula is C37H54O8P2. The van der Waals surface area contributed by atoms with Gasteiger partial charge in [0.1, 0.15) is 24.4 Å². The maximum Gasteiger partial charge on any atom is 0.311 e. The van der Waals surface area contributed by atoms with Gasteiger partial charge >= 0.3 is 11.9 Å². The zero-order valence-electron chi connectivity index (χ0n) is 30.6. The molecule has 0 saturated heterocycles. The largest absolute Gasteiger partial charge is 0.461 e. The smallest absolute Gasteiger partial charge is 0.311 e. The quantitative estimate of drug-likeness (QED) is 0.0843. The monoisotopic (exact) mass is 688 g/mol. The Bertz CT molecular complexity index is 1320. The van der Waals surface area contributed by atoms with Crippen molar-refractivity contribution < 1.29 is 38.1 Å². The van der Waals surface area contributed by atoms with Crippen molar-refractivity contribution in [1.29, 1.82) is 0 Å². The van der Waals surface area contributed by atoms with Crippen LogP contribution in [-0.4, -0.2) is 53.7 Å². The summed E-state index contributed by atoms with van der Waals surface area (Å²) in [5, 5.41) is 0. The third-order valence-electron chi connectivity index (χ3n) is 7.30. The molecule has 0 amide bonds. The Kier molecular flexibility index (Phi) is 14.1. The Labute approximate surface area is 285 Å². The van der Waals surface area contributed by atoms with Crippen LogP contribution in [0.2, 0.25) is 0 Å². The average Bonchev–Trinajstić information content (AvgIpc) is 2.89. The fourth-order valence-corrected chi connectivity index (χ4v) is 7.29. The van der Waals surface area contributed by atoms with Crippen LogP contribution < -0.4 is 0 Å². The molecule has 2 aromatic carbocycles. The van der Waals surface area contributed by atoms with E-state index in [-0.39, 0.29) is 53.4 Å². The van der Waals surface area contributed by atoms with Crippen LogP contribution in [0.1, 0.15) is 109 Å². The van der Waals surface area contributed by atoms with Gasteiger partial charge in [-0.25, -0.2) is 0 Å². The van der Waals surface area contributed by atoms with E-state index in [1.54, 1.807) is 55.4 Å². The maximum atomic E-state index is 14.1. The van der Waals surface area contributed by atoms with E-state index in [9.17, 15) is 19.2 Å². The summed E-state index contributed by atoms with van der Waals surface area (Å²) in [5.74, 6) is -4.73. The van der Waals surface area contributed by atoms with E-state index in [1.165, 1.54) is 0 Å². The van der Waals surface area contributed by atoms with Gasteiger partial charge in [-0.3, -0.25) is 19.2 Å². The third kappa shape index (κ3) is 11.9. The lowest BCUT2D eigenvalue weighted by Gasteiger charge is -2.34. The highest BCUT2D eigenvalue weighted by Gasteiger charge is 2.37. The van der Waals surface area contributed by atoms with Gasteiger partial charge in [0, 0.05) is 11.1 Å². The lowest BCUT2D eigenvalue weighted by Crippen LogP contribution is -2.40. The lowest BCUT2D eigenvalue weighted by molar-refractivity contribution is -0.214. The number of hydrogen-bond donors (Lipinski definition) is 0. The van der Waals surface area contributed by atoms with Crippen LogP contribution in [0.5, 0.6) is 0 Å². The molecule has 0 aromatic heterocycles. The number of hydrogen-bond acceptors (Lipinski definition) is 8. The third-order valence-corrected chi connectivity index (χ3v) is 9.42. The van der Waals surface area contributed by atoms with Crippen molar-refractivity contribution in [3.8, 4) is 0 Å². The van der Waals surface area contributed by atoms with Crippen LogP contribution in [0.15, 0.2) is 24.3 Å². The number of benzene rings is 2.